The van der Waals surface area contributed by atoms with Gasteiger partial charge in [-0.25, -0.2) is 0 Å². The molecule has 0 saturated heterocycles. The Hall–Kier alpha value is -0.400. The molecule has 0 saturated carbocycles. The first-order chi connectivity index (χ1) is 6.74. The van der Waals surface area contributed by atoms with Gasteiger partial charge in [0.15, 0.2) is 0 Å². The first-order valence-corrected chi connectivity index (χ1v) is 5.74. The maximum Gasteiger partial charge on any atom is 0.0642 e. The van der Waals surface area contributed by atoms with Gasteiger partial charge in [0.2, 0.25) is 0 Å². The molecule has 0 aliphatic heterocycles. The third-order valence-corrected chi connectivity index (χ3v) is 2.89. The van der Waals surface area contributed by atoms with Crippen molar-refractivity contribution in [3.63, 3.8) is 0 Å². The van der Waals surface area contributed by atoms with E-state index in [1.165, 1.54) is 0 Å². The molecule has 0 spiro atoms. The lowest BCUT2D eigenvalue weighted by atomic mass is 10.2. The molecule has 0 aromatic heterocycles. The first-order valence-electron chi connectivity index (χ1n) is 4.82. The second-order valence-electron chi connectivity index (χ2n) is 3.05. The monoisotopic (exact) mass is 231 g/mol. The predicted molar refractivity (Wildman–Crippen MR) is 64.6 cm³/mol. The van der Waals surface area contributed by atoms with Crippen LogP contribution in [-0.2, 0) is 5.88 Å². The Labute approximate surface area is 95.6 Å². The van der Waals surface area contributed by atoms with E-state index in [2.05, 4.69) is 18.7 Å². The third kappa shape index (κ3) is 2.34. The van der Waals surface area contributed by atoms with E-state index in [1.807, 2.05) is 18.2 Å². The van der Waals surface area contributed by atoms with Gasteiger partial charge in [0.1, 0.15) is 0 Å². The maximum atomic E-state index is 6.16. The highest BCUT2D eigenvalue weighted by Gasteiger charge is 2.11. The summed E-state index contributed by atoms with van der Waals surface area (Å²) in [6.07, 6.45) is 0. The molecule has 0 radical (unpaired) electrons. The number of halogens is 2. The molecule has 0 heterocycles. The van der Waals surface area contributed by atoms with Crippen LogP contribution in [0.2, 0.25) is 5.02 Å². The molecule has 0 aliphatic carbocycles. The molecule has 0 aliphatic rings. The van der Waals surface area contributed by atoms with Crippen LogP contribution < -0.4 is 4.90 Å². The van der Waals surface area contributed by atoms with Crippen LogP contribution in [0, 0.1) is 0 Å². The maximum absolute atomic E-state index is 6.16. The summed E-state index contributed by atoms with van der Waals surface area (Å²) in [5.74, 6) is 0.506. The normalized spacial score (nSPS) is 10.3. The third-order valence-electron chi connectivity index (χ3n) is 2.29. The molecular formula is C11H15Cl2N. The number of anilines is 1. The summed E-state index contributed by atoms with van der Waals surface area (Å²) in [6.45, 7) is 6.13. The summed E-state index contributed by atoms with van der Waals surface area (Å²) in [7, 11) is 0. The summed E-state index contributed by atoms with van der Waals surface area (Å²) >= 11 is 12.0. The molecule has 78 valence electrons. The van der Waals surface area contributed by atoms with E-state index in [1.54, 1.807) is 0 Å². The number of rotatable bonds is 4. The van der Waals surface area contributed by atoms with Crippen LogP contribution in [-0.4, -0.2) is 13.1 Å². The number of hydrogen-bond donors (Lipinski definition) is 0. The molecule has 0 atom stereocenters. The Kier molecular flexibility index (Phi) is 4.56. The minimum absolute atomic E-state index is 0.506. The fraction of sp³-hybridized carbons (Fsp3) is 0.455. The molecule has 3 heteroatoms. The summed E-state index contributed by atoms with van der Waals surface area (Å²) in [5, 5.41) is 0.784. The fourth-order valence-corrected chi connectivity index (χ4v) is 2.09. The van der Waals surface area contributed by atoms with Crippen LogP contribution in [0.5, 0.6) is 0 Å². The minimum Gasteiger partial charge on any atom is -0.371 e. The largest absolute Gasteiger partial charge is 0.371 e. The van der Waals surface area contributed by atoms with E-state index in [0.29, 0.717) is 5.88 Å². The molecule has 0 amide bonds. The zero-order chi connectivity index (χ0) is 10.6. The van der Waals surface area contributed by atoms with E-state index < -0.39 is 0 Å². The van der Waals surface area contributed by atoms with E-state index in [4.69, 9.17) is 23.2 Å². The van der Waals surface area contributed by atoms with Gasteiger partial charge in [0, 0.05) is 19.0 Å². The van der Waals surface area contributed by atoms with Gasteiger partial charge in [0.05, 0.1) is 10.7 Å². The minimum atomic E-state index is 0.506. The van der Waals surface area contributed by atoms with Crippen molar-refractivity contribution < 1.29 is 0 Å². The fourth-order valence-electron chi connectivity index (χ4n) is 1.56. The van der Waals surface area contributed by atoms with Crippen molar-refractivity contribution in [2.24, 2.45) is 0 Å². The van der Waals surface area contributed by atoms with Crippen molar-refractivity contribution in [1.29, 1.82) is 0 Å². The van der Waals surface area contributed by atoms with Crippen LogP contribution in [0.15, 0.2) is 18.2 Å². The van der Waals surface area contributed by atoms with Crippen molar-refractivity contribution in [3.8, 4) is 0 Å². The van der Waals surface area contributed by atoms with Crippen LogP contribution in [0.3, 0.4) is 0 Å². The Balaban J connectivity index is 3.14. The highest BCUT2D eigenvalue weighted by molar-refractivity contribution is 6.33. The van der Waals surface area contributed by atoms with E-state index in [0.717, 1.165) is 29.4 Å². The molecule has 1 aromatic rings. The van der Waals surface area contributed by atoms with Gasteiger partial charge in [-0.2, -0.15) is 0 Å². The Bertz CT molecular complexity index is 295. The zero-order valence-electron chi connectivity index (χ0n) is 8.56. The van der Waals surface area contributed by atoms with E-state index >= 15 is 0 Å². The molecule has 0 bridgehead atoms. The van der Waals surface area contributed by atoms with E-state index in [-0.39, 0.29) is 0 Å². The molecule has 0 N–H and O–H groups in total. The highest BCUT2D eigenvalue weighted by atomic mass is 35.5. The molecule has 0 unspecified atom stereocenters. The van der Waals surface area contributed by atoms with Gasteiger partial charge in [0.25, 0.3) is 0 Å². The summed E-state index contributed by atoms with van der Waals surface area (Å²) in [6, 6.07) is 5.87. The Morgan fingerprint density at radius 3 is 2.36 bits per heavy atom. The Morgan fingerprint density at radius 1 is 1.21 bits per heavy atom. The van der Waals surface area contributed by atoms with Crippen LogP contribution in [0.1, 0.15) is 19.4 Å². The van der Waals surface area contributed by atoms with E-state index in [9.17, 15) is 0 Å². The first kappa shape index (κ1) is 11.7. The second-order valence-corrected chi connectivity index (χ2v) is 3.73. The number of alkyl halides is 1. The van der Waals surface area contributed by atoms with Gasteiger partial charge < -0.3 is 4.90 Å². The molecule has 1 nitrogen and oxygen atoms in total. The lowest BCUT2D eigenvalue weighted by molar-refractivity contribution is 0.861. The number of nitrogens with zero attached hydrogens (tertiary/aromatic N) is 1. The van der Waals surface area contributed by atoms with Crippen molar-refractivity contribution in [2.45, 2.75) is 19.7 Å². The van der Waals surface area contributed by atoms with Crippen molar-refractivity contribution >= 4 is 28.9 Å². The van der Waals surface area contributed by atoms with Gasteiger partial charge in [-0.15, -0.1) is 11.6 Å². The summed E-state index contributed by atoms with van der Waals surface area (Å²) < 4.78 is 0. The lowest BCUT2D eigenvalue weighted by Crippen LogP contribution is -2.23. The predicted octanol–water partition coefficient (Wildman–Crippen LogP) is 3.93. The molecular weight excluding hydrogens is 217 g/mol. The lowest BCUT2D eigenvalue weighted by Gasteiger charge is -2.24. The van der Waals surface area contributed by atoms with Gasteiger partial charge >= 0.3 is 0 Å². The molecule has 0 fully saturated rings. The van der Waals surface area contributed by atoms with Crippen molar-refractivity contribution in [1.82, 2.24) is 0 Å². The molecule has 14 heavy (non-hydrogen) atoms. The van der Waals surface area contributed by atoms with Crippen LogP contribution in [0.25, 0.3) is 0 Å². The average Bonchev–Trinajstić information content (AvgIpc) is 2.22. The summed E-state index contributed by atoms with van der Waals surface area (Å²) in [5.41, 5.74) is 2.18. The van der Waals surface area contributed by atoms with Crippen molar-refractivity contribution in [2.75, 3.05) is 18.0 Å². The van der Waals surface area contributed by atoms with Crippen LogP contribution >= 0.6 is 23.2 Å². The SMILES string of the molecule is CCN(CC)c1c(Cl)cccc1CCl. The van der Waals surface area contributed by atoms with Gasteiger partial charge in [-0.1, -0.05) is 23.7 Å². The van der Waals surface area contributed by atoms with Gasteiger partial charge in [-0.3, -0.25) is 0 Å². The number of hydrogen-bond acceptors (Lipinski definition) is 1. The number of benzene rings is 1. The Morgan fingerprint density at radius 2 is 1.86 bits per heavy atom. The topological polar surface area (TPSA) is 3.24 Å². The average molecular weight is 232 g/mol. The van der Waals surface area contributed by atoms with Gasteiger partial charge in [-0.05, 0) is 25.5 Å². The van der Waals surface area contributed by atoms with Crippen molar-refractivity contribution in [3.05, 3.63) is 28.8 Å². The summed E-state index contributed by atoms with van der Waals surface area (Å²) in [4.78, 5) is 2.22. The quantitative estimate of drug-likeness (QED) is 0.711. The standard InChI is InChI=1S/C11H15Cl2N/c1-3-14(4-2)11-9(8-12)6-5-7-10(11)13/h5-7H,3-4,8H2,1-2H3. The number of para-hydroxylation sites is 1. The van der Waals surface area contributed by atoms with Crippen LogP contribution in [0.4, 0.5) is 5.69 Å². The molecule has 1 rings (SSSR count). The zero-order valence-corrected chi connectivity index (χ0v) is 10.1. The molecule has 1 aromatic carbocycles. The smallest absolute Gasteiger partial charge is 0.0642 e. The highest BCUT2D eigenvalue weighted by Crippen LogP contribution is 2.30. The second kappa shape index (κ2) is 5.47.